The Morgan fingerprint density at radius 3 is 2.52 bits per heavy atom. The maximum Gasteiger partial charge on any atom is 0.311 e. The van der Waals surface area contributed by atoms with Crippen LogP contribution >= 0.6 is 0 Å². The first kappa shape index (κ1) is 15.0. The highest BCUT2D eigenvalue weighted by Crippen LogP contribution is 2.49. The normalized spacial score (nSPS) is 31.6. The van der Waals surface area contributed by atoms with Crippen molar-refractivity contribution in [2.45, 2.75) is 56.4 Å². The minimum absolute atomic E-state index is 0.162. The summed E-state index contributed by atoms with van der Waals surface area (Å²) in [6, 6.07) is 5.80. The third-order valence-corrected chi connectivity index (χ3v) is 6.37. The van der Waals surface area contributed by atoms with Crippen LogP contribution in [-0.2, 0) is 4.79 Å². The molecule has 0 spiro atoms. The smallest absolute Gasteiger partial charge is 0.311 e. The minimum Gasteiger partial charge on any atom is -0.508 e. The van der Waals surface area contributed by atoms with E-state index in [4.69, 9.17) is 0 Å². The van der Waals surface area contributed by atoms with Crippen LogP contribution in [-0.4, -0.2) is 28.8 Å². The van der Waals surface area contributed by atoms with Gasteiger partial charge < -0.3 is 15.5 Å². The van der Waals surface area contributed by atoms with Crippen molar-refractivity contribution < 1.29 is 15.0 Å². The molecule has 23 heavy (non-hydrogen) atoms. The molecule has 2 bridgehead atoms. The van der Waals surface area contributed by atoms with Crippen LogP contribution in [0.1, 0.15) is 61.5 Å². The Balaban J connectivity index is 1.77. The largest absolute Gasteiger partial charge is 0.508 e. The molecule has 1 aromatic carbocycles. The maximum absolute atomic E-state index is 12.2. The van der Waals surface area contributed by atoms with Gasteiger partial charge >= 0.3 is 5.97 Å². The molecule has 0 radical (unpaired) electrons. The molecule has 1 aromatic rings. The number of carboxylic acids is 1. The summed E-state index contributed by atoms with van der Waals surface area (Å²) in [7, 11) is 0. The third-order valence-electron chi connectivity index (χ3n) is 6.37. The molecule has 0 amide bonds. The van der Waals surface area contributed by atoms with Gasteiger partial charge in [-0.2, -0.15) is 0 Å². The highest BCUT2D eigenvalue weighted by molar-refractivity contribution is 5.78. The second-order valence-electron chi connectivity index (χ2n) is 7.51. The molecule has 3 N–H and O–H groups in total. The van der Waals surface area contributed by atoms with Gasteiger partial charge in [0.2, 0.25) is 0 Å². The number of benzene rings is 1. The zero-order chi connectivity index (χ0) is 16.0. The molecule has 3 aliphatic rings. The van der Waals surface area contributed by atoms with Crippen molar-refractivity contribution in [2.24, 2.45) is 11.8 Å². The predicted octanol–water partition coefficient (Wildman–Crippen LogP) is 3.22. The first-order chi connectivity index (χ1) is 11.2. The molecule has 2 saturated carbocycles. The fourth-order valence-corrected chi connectivity index (χ4v) is 5.40. The van der Waals surface area contributed by atoms with E-state index in [0.29, 0.717) is 23.6 Å². The summed E-state index contributed by atoms with van der Waals surface area (Å²) in [6.07, 6.45) is 6.68. The van der Waals surface area contributed by atoms with Gasteiger partial charge in [-0.15, -0.1) is 0 Å². The number of rotatable bonds is 4. The summed E-state index contributed by atoms with van der Waals surface area (Å²) < 4.78 is 0. The molecule has 1 saturated heterocycles. The summed E-state index contributed by atoms with van der Waals surface area (Å²) in [6.45, 7) is 0.941. The molecule has 0 aromatic heterocycles. The fourth-order valence-electron chi connectivity index (χ4n) is 5.40. The van der Waals surface area contributed by atoms with Crippen LogP contribution in [0.4, 0.5) is 0 Å². The van der Waals surface area contributed by atoms with Crippen LogP contribution in [0.3, 0.4) is 0 Å². The summed E-state index contributed by atoms with van der Waals surface area (Å²) >= 11 is 0. The van der Waals surface area contributed by atoms with Crippen molar-refractivity contribution in [3.8, 4) is 5.75 Å². The van der Waals surface area contributed by atoms with Crippen LogP contribution in [0.15, 0.2) is 18.2 Å². The second kappa shape index (κ2) is 5.82. The number of aliphatic carboxylic acids is 1. The van der Waals surface area contributed by atoms with Crippen molar-refractivity contribution in [2.75, 3.05) is 6.54 Å². The molecule has 4 nitrogen and oxygen atoms in total. The molecule has 3 fully saturated rings. The third kappa shape index (κ3) is 2.44. The van der Waals surface area contributed by atoms with E-state index in [1.165, 1.54) is 12.8 Å². The van der Waals surface area contributed by atoms with E-state index < -0.39 is 11.9 Å². The van der Waals surface area contributed by atoms with E-state index in [0.717, 1.165) is 43.4 Å². The SMILES string of the molecule is O=C(O)C(c1cccc(O)c1C1CCCC1)C1C2CCC1NC2. The lowest BCUT2D eigenvalue weighted by Gasteiger charge is -2.27. The first-order valence-electron chi connectivity index (χ1n) is 8.94. The highest BCUT2D eigenvalue weighted by Gasteiger charge is 2.49. The molecule has 4 unspecified atom stereocenters. The van der Waals surface area contributed by atoms with Crippen LogP contribution in [0.2, 0.25) is 0 Å². The zero-order valence-electron chi connectivity index (χ0n) is 13.4. The monoisotopic (exact) mass is 315 g/mol. The Morgan fingerprint density at radius 1 is 1.17 bits per heavy atom. The molecule has 4 rings (SSSR count). The van der Waals surface area contributed by atoms with Gasteiger partial charge in [-0.25, -0.2) is 0 Å². The standard InChI is InChI=1S/C19H25NO3/c21-15-7-3-6-13(16(15)11-4-1-2-5-11)18(19(22)23)17-12-8-9-14(17)20-10-12/h3,6-7,11-12,14,17-18,20-21H,1-2,4-5,8-10H2,(H,22,23). The van der Waals surface area contributed by atoms with Crippen LogP contribution in [0, 0.1) is 11.8 Å². The summed E-state index contributed by atoms with van der Waals surface area (Å²) in [5.41, 5.74) is 1.79. The number of phenolic OH excluding ortho intramolecular Hbond substituents is 1. The molecule has 124 valence electrons. The molecule has 1 heterocycles. The molecular weight excluding hydrogens is 290 g/mol. The maximum atomic E-state index is 12.2. The van der Waals surface area contributed by atoms with Gasteiger partial charge in [0.25, 0.3) is 0 Å². The van der Waals surface area contributed by atoms with E-state index in [-0.39, 0.29) is 5.92 Å². The quantitative estimate of drug-likeness (QED) is 0.798. The number of fused-ring (bicyclic) bond motifs is 2. The van der Waals surface area contributed by atoms with Gasteiger partial charge in [0, 0.05) is 11.6 Å². The predicted molar refractivity (Wildman–Crippen MR) is 87.7 cm³/mol. The molecule has 2 aliphatic carbocycles. The minimum atomic E-state index is -0.736. The average molecular weight is 315 g/mol. The number of hydrogen-bond acceptors (Lipinski definition) is 3. The molecule has 4 heteroatoms. The number of nitrogens with one attached hydrogen (secondary N) is 1. The number of hydrogen-bond donors (Lipinski definition) is 3. The lowest BCUT2D eigenvalue weighted by atomic mass is 9.76. The van der Waals surface area contributed by atoms with E-state index >= 15 is 0 Å². The number of phenols is 1. The Bertz CT molecular complexity index is 589. The van der Waals surface area contributed by atoms with E-state index in [9.17, 15) is 15.0 Å². The Labute approximate surface area is 136 Å². The van der Waals surface area contributed by atoms with E-state index in [2.05, 4.69) is 5.32 Å². The van der Waals surface area contributed by atoms with Gasteiger partial charge in [0.15, 0.2) is 0 Å². The van der Waals surface area contributed by atoms with Gasteiger partial charge in [-0.3, -0.25) is 4.79 Å². The zero-order valence-corrected chi connectivity index (χ0v) is 13.4. The first-order valence-corrected chi connectivity index (χ1v) is 8.94. The lowest BCUT2D eigenvalue weighted by Crippen LogP contribution is -2.32. The van der Waals surface area contributed by atoms with Crippen molar-refractivity contribution in [3.63, 3.8) is 0 Å². The fraction of sp³-hybridized carbons (Fsp3) is 0.632. The van der Waals surface area contributed by atoms with Crippen molar-refractivity contribution >= 4 is 5.97 Å². The Kier molecular flexibility index (Phi) is 3.80. The summed E-state index contributed by atoms with van der Waals surface area (Å²) in [4.78, 5) is 12.2. The second-order valence-corrected chi connectivity index (χ2v) is 7.51. The van der Waals surface area contributed by atoms with Crippen LogP contribution in [0.25, 0.3) is 0 Å². The molecule has 1 aliphatic heterocycles. The van der Waals surface area contributed by atoms with Crippen LogP contribution in [0.5, 0.6) is 5.75 Å². The number of piperidine rings is 1. The van der Waals surface area contributed by atoms with Crippen molar-refractivity contribution in [1.29, 1.82) is 0 Å². The van der Waals surface area contributed by atoms with Gasteiger partial charge in [-0.1, -0.05) is 25.0 Å². The average Bonchev–Trinajstić information content (AvgIpc) is 3.25. The topological polar surface area (TPSA) is 69.6 Å². The van der Waals surface area contributed by atoms with Gasteiger partial charge in [0.1, 0.15) is 5.75 Å². The summed E-state index contributed by atoms with van der Waals surface area (Å²) in [5, 5.41) is 24.0. The number of carboxylic acid groups (broad SMARTS) is 1. The molecular formula is C19H25NO3. The van der Waals surface area contributed by atoms with Gasteiger partial charge in [0.05, 0.1) is 5.92 Å². The van der Waals surface area contributed by atoms with E-state index in [1.807, 2.05) is 12.1 Å². The van der Waals surface area contributed by atoms with Crippen molar-refractivity contribution in [3.05, 3.63) is 29.3 Å². The molecule has 4 atom stereocenters. The van der Waals surface area contributed by atoms with E-state index in [1.54, 1.807) is 6.07 Å². The lowest BCUT2D eigenvalue weighted by molar-refractivity contribution is -0.140. The Morgan fingerprint density at radius 2 is 1.96 bits per heavy atom. The van der Waals surface area contributed by atoms with Gasteiger partial charge in [-0.05, 0) is 61.6 Å². The van der Waals surface area contributed by atoms with Crippen molar-refractivity contribution in [1.82, 2.24) is 5.32 Å². The number of aromatic hydroxyl groups is 1. The Hall–Kier alpha value is -1.55. The summed E-state index contributed by atoms with van der Waals surface area (Å²) in [5.74, 6) is -0.000930. The number of carbonyl (C=O) groups is 1. The van der Waals surface area contributed by atoms with Crippen LogP contribution < -0.4 is 5.32 Å². The highest BCUT2D eigenvalue weighted by atomic mass is 16.4.